The van der Waals surface area contributed by atoms with Crippen LogP contribution in [0.3, 0.4) is 0 Å². The molecule has 0 aliphatic rings. The number of anilines is 1. The minimum Gasteiger partial charge on any atom is -0.404 e. The highest BCUT2D eigenvalue weighted by Gasteiger charge is 2.12. The molecule has 2 rings (SSSR count). The summed E-state index contributed by atoms with van der Waals surface area (Å²) >= 11 is 1.02. The van der Waals surface area contributed by atoms with E-state index in [9.17, 15) is 10.1 Å². The highest BCUT2D eigenvalue weighted by Crippen LogP contribution is 2.16. The number of nitro groups is 1. The molecular formula is C7H7N5O3S. The van der Waals surface area contributed by atoms with Crippen molar-refractivity contribution in [1.29, 1.82) is 5.41 Å². The van der Waals surface area contributed by atoms with E-state index in [2.05, 4.69) is 5.10 Å². The molecule has 2 aromatic heterocycles. The molecule has 0 spiro atoms. The number of nitrogens with two attached hydrogens (primary N) is 1. The van der Waals surface area contributed by atoms with Crippen LogP contribution in [0.4, 0.5) is 11.0 Å². The molecule has 84 valence electrons. The third-order valence-electron chi connectivity index (χ3n) is 1.79. The summed E-state index contributed by atoms with van der Waals surface area (Å²) in [5, 5.41) is 22.0. The molecule has 0 saturated heterocycles. The summed E-state index contributed by atoms with van der Waals surface area (Å²) in [7, 11) is 0. The standard InChI is InChI=1S/C7H7N5O3S/c8-6-10-11(7(9)16-6)3-4-1-2-5(15-4)12(13)14/h1-2,9H,3H2,(H2,8,10). The van der Waals surface area contributed by atoms with Crippen molar-refractivity contribution in [2.75, 3.05) is 5.73 Å². The zero-order chi connectivity index (χ0) is 11.7. The molecule has 0 unspecified atom stereocenters. The van der Waals surface area contributed by atoms with E-state index in [0.29, 0.717) is 5.76 Å². The van der Waals surface area contributed by atoms with Gasteiger partial charge in [-0.15, -0.1) is 5.10 Å². The maximum absolute atomic E-state index is 10.4. The van der Waals surface area contributed by atoms with Gasteiger partial charge in [-0.25, -0.2) is 4.68 Å². The summed E-state index contributed by atoms with van der Waals surface area (Å²) in [5.41, 5.74) is 5.41. The van der Waals surface area contributed by atoms with Gasteiger partial charge in [0.2, 0.25) is 9.93 Å². The van der Waals surface area contributed by atoms with E-state index in [1.807, 2.05) is 0 Å². The second-order valence-corrected chi connectivity index (χ2v) is 3.91. The van der Waals surface area contributed by atoms with Gasteiger partial charge in [0, 0.05) is 0 Å². The van der Waals surface area contributed by atoms with Gasteiger partial charge in [-0.2, -0.15) is 0 Å². The average Bonchev–Trinajstić information content (AvgIpc) is 2.75. The fraction of sp³-hybridized carbons (Fsp3) is 0.143. The Labute approximate surface area is 92.6 Å². The number of furan rings is 1. The number of nitrogen functional groups attached to an aromatic ring is 1. The normalized spacial score (nSPS) is 10.5. The highest BCUT2D eigenvalue weighted by molar-refractivity contribution is 7.12. The minimum atomic E-state index is -0.620. The lowest BCUT2D eigenvalue weighted by atomic mass is 10.4. The Kier molecular flexibility index (Phi) is 2.44. The van der Waals surface area contributed by atoms with Crippen LogP contribution in [-0.2, 0) is 6.54 Å². The Morgan fingerprint density at radius 2 is 2.44 bits per heavy atom. The van der Waals surface area contributed by atoms with Crippen molar-refractivity contribution in [3.05, 3.63) is 32.8 Å². The lowest BCUT2D eigenvalue weighted by Gasteiger charge is -1.95. The first-order valence-electron chi connectivity index (χ1n) is 4.17. The van der Waals surface area contributed by atoms with Crippen LogP contribution in [0.5, 0.6) is 0 Å². The Balaban J connectivity index is 2.24. The minimum absolute atomic E-state index is 0.153. The summed E-state index contributed by atoms with van der Waals surface area (Å²) < 4.78 is 6.24. The molecule has 0 aromatic carbocycles. The lowest BCUT2D eigenvalue weighted by Crippen LogP contribution is -2.15. The van der Waals surface area contributed by atoms with Gasteiger partial charge >= 0.3 is 5.88 Å². The maximum Gasteiger partial charge on any atom is 0.433 e. The summed E-state index contributed by atoms with van der Waals surface area (Å²) in [5.74, 6) is 0.0285. The lowest BCUT2D eigenvalue weighted by molar-refractivity contribution is -0.402. The Hall–Kier alpha value is -2.16. The SMILES string of the molecule is N=c1sc(N)nn1Cc1ccc([N+](=O)[O-])o1. The summed E-state index contributed by atoms with van der Waals surface area (Å²) in [6, 6.07) is 2.73. The molecule has 8 nitrogen and oxygen atoms in total. The first-order chi connectivity index (χ1) is 7.56. The molecule has 0 saturated carbocycles. The molecular weight excluding hydrogens is 234 g/mol. The second kappa shape index (κ2) is 3.77. The molecule has 9 heteroatoms. The fourth-order valence-electron chi connectivity index (χ4n) is 1.14. The van der Waals surface area contributed by atoms with Crippen LogP contribution in [-0.4, -0.2) is 14.7 Å². The number of nitrogens with zero attached hydrogens (tertiary/aromatic N) is 3. The van der Waals surface area contributed by atoms with E-state index < -0.39 is 4.92 Å². The number of hydrogen-bond donors (Lipinski definition) is 2. The first kappa shape index (κ1) is 10.4. The molecule has 0 atom stereocenters. The molecule has 2 aromatic rings. The van der Waals surface area contributed by atoms with Crippen LogP contribution in [0, 0.1) is 15.5 Å². The zero-order valence-corrected chi connectivity index (χ0v) is 8.73. The highest BCUT2D eigenvalue weighted by atomic mass is 32.1. The van der Waals surface area contributed by atoms with Gasteiger partial charge in [0.1, 0.15) is 17.2 Å². The zero-order valence-electron chi connectivity index (χ0n) is 7.91. The van der Waals surface area contributed by atoms with Gasteiger partial charge in [0.15, 0.2) is 0 Å². The van der Waals surface area contributed by atoms with E-state index in [-0.39, 0.29) is 22.4 Å². The largest absolute Gasteiger partial charge is 0.433 e. The van der Waals surface area contributed by atoms with E-state index >= 15 is 0 Å². The van der Waals surface area contributed by atoms with E-state index in [1.54, 1.807) is 0 Å². The van der Waals surface area contributed by atoms with Crippen molar-refractivity contribution in [3.63, 3.8) is 0 Å². The molecule has 0 aliphatic heterocycles. The van der Waals surface area contributed by atoms with Gasteiger partial charge in [-0.05, 0) is 6.07 Å². The van der Waals surface area contributed by atoms with Crippen LogP contribution in [0.1, 0.15) is 5.76 Å². The number of nitrogens with one attached hydrogen (secondary N) is 1. The predicted octanol–water partition coefficient (Wildman–Crippen LogP) is 0.556. The molecule has 2 heterocycles. The van der Waals surface area contributed by atoms with Crippen LogP contribution in [0.2, 0.25) is 0 Å². The monoisotopic (exact) mass is 241 g/mol. The molecule has 0 radical (unpaired) electrons. The molecule has 16 heavy (non-hydrogen) atoms. The Morgan fingerprint density at radius 1 is 1.69 bits per heavy atom. The van der Waals surface area contributed by atoms with Gasteiger partial charge in [0.05, 0.1) is 6.07 Å². The maximum atomic E-state index is 10.4. The van der Waals surface area contributed by atoms with Gasteiger partial charge in [-0.3, -0.25) is 15.5 Å². The van der Waals surface area contributed by atoms with Gasteiger partial charge in [-0.1, -0.05) is 11.3 Å². The van der Waals surface area contributed by atoms with E-state index in [0.717, 1.165) is 11.3 Å². The molecule has 0 bridgehead atoms. The number of rotatable bonds is 3. The molecule has 0 aliphatic carbocycles. The summed E-state index contributed by atoms with van der Waals surface area (Å²) in [6.45, 7) is 0.153. The smallest absolute Gasteiger partial charge is 0.404 e. The summed E-state index contributed by atoms with van der Waals surface area (Å²) in [6.07, 6.45) is 0. The Morgan fingerprint density at radius 3 is 2.94 bits per heavy atom. The van der Waals surface area contributed by atoms with E-state index in [1.165, 1.54) is 16.8 Å². The van der Waals surface area contributed by atoms with Crippen LogP contribution < -0.4 is 10.5 Å². The summed E-state index contributed by atoms with van der Waals surface area (Å²) in [4.78, 5) is 9.92. The second-order valence-electron chi connectivity index (χ2n) is 2.90. The number of hydrogen-bond acceptors (Lipinski definition) is 7. The molecule has 0 amide bonds. The first-order valence-corrected chi connectivity index (χ1v) is 4.99. The quantitative estimate of drug-likeness (QED) is 0.600. The van der Waals surface area contributed by atoms with Crippen molar-refractivity contribution in [2.45, 2.75) is 6.54 Å². The van der Waals surface area contributed by atoms with Gasteiger partial charge < -0.3 is 10.2 Å². The van der Waals surface area contributed by atoms with Crippen molar-refractivity contribution >= 4 is 22.4 Å². The van der Waals surface area contributed by atoms with Crippen molar-refractivity contribution in [3.8, 4) is 0 Å². The van der Waals surface area contributed by atoms with E-state index in [4.69, 9.17) is 15.6 Å². The van der Waals surface area contributed by atoms with Gasteiger partial charge in [0.25, 0.3) is 0 Å². The Bertz CT molecular complexity index is 583. The van der Waals surface area contributed by atoms with Crippen molar-refractivity contribution < 1.29 is 9.34 Å². The third kappa shape index (κ3) is 1.93. The van der Waals surface area contributed by atoms with Crippen molar-refractivity contribution in [2.24, 2.45) is 0 Å². The average molecular weight is 241 g/mol. The fourth-order valence-corrected chi connectivity index (χ4v) is 1.69. The predicted molar refractivity (Wildman–Crippen MR) is 54.8 cm³/mol. The van der Waals surface area contributed by atoms with Crippen LogP contribution in [0.15, 0.2) is 16.5 Å². The molecule has 3 N–H and O–H groups in total. The van der Waals surface area contributed by atoms with Crippen molar-refractivity contribution in [1.82, 2.24) is 9.78 Å². The number of aromatic nitrogens is 2. The molecule has 0 fully saturated rings. The van der Waals surface area contributed by atoms with Crippen LogP contribution in [0.25, 0.3) is 0 Å². The third-order valence-corrected chi connectivity index (χ3v) is 2.48. The topological polar surface area (TPSA) is 124 Å². The van der Waals surface area contributed by atoms with Crippen LogP contribution >= 0.6 is 11.3 Å².